The molecule has 0 aliphatic heterocycles. The van der Waals surface area contributed by atoms with Gasteiger partial charge in [0.15, 0.2) is 17.5 Å². The third-order valence-electron chi connectivity index (χ3n) is 2.80. The first-order valence-electron chi connectivity index (χ1n) is 5.61. The van der Waals surface area contributed by atoms with Crippen LogP contribution >= 0.6 is 0 Å². The van der Waals surface area contributed by atoms with Crippen molar-refractivity contribution in [1.82, 2.24) is 9.97 Å². The Morgan fingerprint density at radius 1 is 1.17 bits per heavy atom. The summed E-state index contributed by atoms with van der Waals surface area (Å²) < 4.78 is 26.0. The third-order valence-corrected chi connectivity index (χ3v) is 2.80. The lowest BCUT2D eigenvalue weighted by Crippen LogP contribution is -2.04. The summed E-state index contributed by atoms with van der Waals surface area (Å²) in [4.78, 5) is 8.41. The molecule has 0 unspecified atom stereocenters. The van der Waals surface area contributed by atoms with E-state index in [1.807, 2.05) is 13.8 Å². The fraction of sp³-hybridized carbons (Fsp3) is 0.231. The second kappa shape index (κ2) is 4.68. The second-order valence-electron chi connectivity index (χ2n) is 3.99. The van der Waals surface area contributed by atoms with E-state index in [4.69, 9.17) is 5.73 Å². The summed E-state index contributed by atoms with van der Waals surface area (Å²) in [5, 5.41) is 0. The van der Waals surface area contributed by atoms with Gasteiger partial charge in [0.25, 0.3) is 0 Å². The molecule has 0 spiro atoms. The Morgan fingerprint density at radius 2 is 1.89 bits per heavy atom. The van der Waals surface area contributed by atoms with E-state index in [0.29, 0.717) is 23.6 Å². The van der Waals surface area contributed by atoms with Crippen molar-refractivity contribution in [2.45, 2.75) is 20.3 Å². The molecular weight excluding hydrogens is 236 g/mol. The highest BCUT2D eigenvalue weighted by molar-refractivity contribution is 5.58. The van der Waals surface area contributed by atoms with Gasteiger partial charge >= 0.3 is 0 Å². The summed E-state index contributed by atoms with van der Waals surface area (Å²) in [6, 6.07) is 3.55. The molecule has 2 rings (SSSR count). The van der Waals surface area contributed by atoms with Crippen LogP contribution in [0.2, 0.25) is 0 Å². The molecule has 0 saturated heterocycles. The second-order valence-corrected chi connectivity index (χ2v) is 3.99. The summed E-state index contributed by atoms with van der Waals surface area (Å²) in [7, 11) is 0. The van der Waals surface area contributed by atoms with Gasteiger partial charge in [0.2, 0.25) is 0 Å². The zero-order chi connectivity index (χ0) is 13.3. The first-order chi connectivity index (χ1) is 8.52. The minimum absolute atomic E-state index is 0.314. The van der Waals surface area contributed by atoms with E-state index >= 15 is 0 Å². The largest absolute Gasteiger partial charge is 0.383 e. The van der Waals surface area contributed by atoms with Crippen LogP contribution in [0.4, 0.5) is 14.6 Å². The minimum atomic E-state index is -0.923. The van der Waals surface area contributed by atoms with Crippen molar-refractivity contribution in [3.05, 3.63) is 41.1 Å². The fourth-order valence-electron chi connectivity index (χ4n) is 1.69. The molecule has 1 heterocycles. The lowest BCUT2D eigenvalue weighted by atomic mass is 10.1. The first-order valence-corrected chi connectivity index (χ1v) is 5.61. The van der Waals surface area contributed by atoms with E-state index in [-0.39, 0.29) is 0 Å². The van der Waals surface area contributed by atoms with Gasteiger partial charge in [-0.15, -0.1) is 0 Å². The normalized spacial score (nSPS) is 10.7. The molecule has 3 nitrogen and oxygen atoms in total. The number of hydrogen-bond donors (Lipinski definition) is 1. The van der Waals surface area contributed by atoms with Crippen LogP contribution in [0, 0.1) is 18.6 Å². The van der Waals surface area contributed by atoms with Crippen LogP contribution in [0.5, 0.6) is 0 Å². The molecule has 0 radical (unpaired) electrons. The van der Waals surface area contributed by atoms with Crippen molar-refractivity contribution in [3.63, 3.8) is 0 Å². The summed E-state index contributed by atoms with van der Waals surface area (Å²) >= 11 is 0. The molecule has 2 N–H and O–H groups in total. The van der Waals surface area contributed by atoms with Gasteiger partial charge in [0.1, 0.15) is 5.82 Å². The van der Waals surface area contributed by atoms with E-state index in [1.54, 1.807) is 0 Å². The number of aryl methyl sites for hydroxylation is 1. The number of benzene rings is 1. The van der Waals surface area contributed by atoms with Crippen molar-refractivity contribution in [3.8, 4) is 11.4 Å². The average Bonchev–Trinajstić information content (AvgIpc) is 2.36. The van der Waals surface area contributed by atoms with E-state index in [9.17, 15) is 8.78 Å². The number of rotatable bonds is 2. The van der Waals surface area contributed by atoms with Crippen LogP contribution in [0.3, 0.4) is 0 Å². The zero-order valence-corrected chi connectivity index (χ0v) is 10.2. The van der Waals surface area contributed by atoms with Gasteiger partial charge in [0, 0.05) is 16.8 Å². The Balaban J connectivity index is 2.57. The molecule has 1 aromatic heterocycles. The van der Waals surface area contributed by atoms with Crippen molar-refractivity contribution < 1.29 is 8.78 Å². The van der Waals surface area contributed by atoms with Crippen LogP contribution in [-0.4, -0.2) is 9.97 Å². The Hall–Kier alpha value is -2.04. The fourth-order valence-corrected chi connectivity index (χ4v) is 1.69. The Morgan fingerprint density at radius 3 is 2.50 bits per heavy atom. The molecule has 0 fully saturated rings. The summed E-state index contributed by atoms with van der Waals surface area (Å²) in [5.41, 5.74) is 7.83. The van der Waals surface area contributed by atoms with Gasteiger partial charge in [-0.3, -0.25) is 0 Å². The molecule has 18 heavy (non-hydrogen) atoms. The van der Waals surface area contributed by atoms with Crippen LogP contribution in [0.1, 0.15) is 18.2 Å². The SMILES string of the molecule is CCc1nc(-c2ccc(F)c(F)c2)nc(N)c1C. The first kappa shape index (κ1) is 12.4. The van der Waals surface area contributed by atoms with Gasteiger partial charge in [-0.2, -0.15) is 0 Å². The molecule has 1 aromatic carbocycles. The zero-order valence-electron chi connectivity index (χ0n) is 10.2. The van der Waals surface area contributed by atoms with Gasteiger partial charge in [0.05, 0.1) is 0 Å². The minimum Gasteiger partial charge on any atom is -0.383 e. The van der Waals surface area contributed by atoms with E-state index in [0.717, 1.165) is 23.4 Å². The van der Waals surface area contributed by atoms with Crippen molar-refractivity contribution in [1.29, 1.82) is 0 Å². The van der Waals surface area contributed by atoms with Crippen molar-refractivity contribution >= 4 is 5.82 Å². The predicted molar refractivity (Wildman–Crippen MR) is 65.9 cm³/mol. The quantitative estimate of drug-likeness (QED) is 0.890. The smallest absolute Gasteiger partial charge is 0.161 e. The average molecular weight is 249 g/mol. The summed E-state index contributed by atoms with van der Waals surface area (Å²) in [6.45, 7) is 3.78. The Bertz CT molecular complexity index is 597. The lowest BCUT2D eigenvalue weighted by Gasteiger charge is -2.08. The maximum atomic E-state index is 13.2. The van der Waals surface area contributed by atoms with E-state index in [2.05, 4.69) is 9.97 Å². The van der Waals surface area contributed by atoms with Gasteiger partial charge < -0.3 is 5.73 Å². The molecule has 2 aromatic rings. The van der Waals surface area contributed by atoms with Gasteiger partial charge in [-0.1, -0.05) is 6.92 Å². The van der Waals surface area contributed by atoms with Crippen molar-refractivity contribution in [2.24, 2.45) is 0 Å². The van der Waals surface area contributed by atoms with Crippen molar-refractivity contribution in [2.75, 3.05) is 5.73 Å². The number of aromatic nitrogens is 2. The monoisotopic (exact) mass is 249 g/mol. The number of halogens is 2. The topological polar surface area (TPSA) is 51.8 Å². The molecule has 0 amide bonds. The summed E-state index contributed by atoms with van der Waals surface area (Å²) in [6.07, 6.45) is 0.704. The summed E-state index contributed by atoms with van der Waals surface area (Å²) in [5.74, 6) is -1.14. The highest BCUT2D eigenvalue weighted by Crippen LogP contribution is 2.22. The van der Waals surface area contributed by atoms with Crippen LogP contribution in [0.15, 0.2) is 18.2 Å². The maximum Gasteiger partial charge on any atom is 0.161 e. The van der Waals surface area contributed by atoms with Gasteiger partial charge in [-0.05, 0) is 31.5 Å². The Labute approximate surface area is 104 Å². The molecular formula is C13H13F2N3. The number of anilines is 1. The number of hydrogen-bond acceptors (Lipinski definition) is 3. The number of nitrogen functional groups attached to an aromatic ring is 1. The highest BCUT2D eigenvalue weighted by atomic mass is 19.2. The molecule has 94 valence electrons. The van der Waals surface area contributed by atoms with Gasteiger partial charge in [-0.25, -0.2) is 18.7 Å². The third kappa shape index (κ3) is 2.16. The van der Waals surface area contributed by atoms with E-state index in [1.165, 1.54) is 6.07 Å². The Kier molecular flexibility index (Phi) is 3.23. The standard InChI is InChI=1S/C13H13F2N3/c1-3-11-7(2)12(16)18-13(17-11)8-4-5-9(14)10(15)6-8/h4-6H,3H2,1-2H3,(H2,16,17,18). The van der Waals surface area contributed by atoms with Crippen LogP contribution < -0.4 is 5.73 Å². The molecule has 0 saturated carbocycles. The van der Waals surface area contributed by atoms with Crippen LogP contribution in [-0.2, 0) is 6.42 Å². The molecule has 0 aliphatic rings. The van der Waals surface area contributed by atoms with Crippen LogP contribution in [0.25, 0.3) is 11.4 Å². The van der Waals surface area contributed by atoms with E-state index < -0.39 is 11.6 Å². The number of nitrogens with zero attached hydrogens (tertiary/aromatic N) is 2. The predicted octanol–water partition coefficient (Wildman–Crippen LogP) is 2.87. The number of nitrogens with two attached hydrogens (primary N) is 1. The molecule has 0 aliphatic carbocycles. The maximum absolute atomic E-state index is 13.2. The highest BCUT2D eigenvalue weighted by Gasteiger charge is 2.11. The molecule has 5 heteroatoms. The molecule has 0 atom stereocenters. The lowest BCUT2D eigenvalue weighted by molar-refractivity contribution is 0.509. The molecule has 0 bridgehead atoms.